The average Bonchev–Trinajstić information content (AvgIpc) is 2.49. The van der Waals surface area contributed by atoms with Crippen LogP contribution in [0.5, 0.6) is 0 Å². The minimum absolute atomic E-state index is 0.142. The first-order valence-corrected chi connectivity index (χ1v) is 8.29. The molecule has 1 amide bonds. The fourth-order valence-corrected chi connectivity index (χ4v) is 2.99. The van der Waals surface area contributed by atoms with Crippen molar-refractivity contribution in [3.63, 3.8) is 0 Å². The molecule has 22 heavy (non-hydrogen) atoms. The van der Waals surface area contributed by atoms with Crippen LogP contribution < -0.4 is 10.6 Å². The number of hydrogen-bond acceptors (Lipinski definition) is 3. The van der Waals surface area contributed by atoms with E-state index in [1.807, 2.05) is 6.92 Å². The zero-order chi connectivity index (χ0) is 15.9. The first kappa shape index (κ1) is 17.0. The number of hydrogen-bond donors (Lipinski definition) is 2. The van der Waals surface area contributed by atoms with Crippen molar-refractivity contribution in [2.24, 2.45) is 5.92 Å². The minimum Gasteiger partial charge on any atom is -0.326 e. The molecule has 1 aromatic rings. The second-order valence-corrected chi connectivity index (χ2v) is 6.67. The lowest BCUT2D eigenvalue weighted by Gasteiger charge is -2.22. The van der Waals surface area contributed by atoms with E-state index >= 15 is 0 Å². The van der Waals surface area contributed by atoms with Crippen LogP contribution in [-0.2, 0) is 11.3 Å². The fourth-order valence-electron chi connectivity index (χ4n) is 2.99. The van der Waals surface area contributed by atoms with Crippen molar-refractivity contribution < 1.29 is 4.79 Å². The predicted octanol–water partition coefficient (Wildman–Crippen LogP) is 2.77. The first-order chi connectivity index (χ1) is 10.5. The molecule has 0 spiro atoms. The summed E-state index contributed by atoms with van der Waals surface area (Å²) in [4.78, 5) is 14.3. The summed E-state index contributed by atoms with van der Waals surface area (Å²) in [7, 11) is 4.11. The van der Waals surface area contributed by atoms with E-state index in [4.69, 9.17) is 0 Å². The quantitative estimate of drug-likeness (QED) is 0.849. The fraction of sp³-hybridized carbons (Fsp3) is 0.611. The number of piperidine rings is 1. The maximum atomic E-state index is 12.2. The smallest absolute Gasteiger partial charge is 0.224 e. The average molecular weight is 303 g/mol. The zero-order valence-corrected chi connectivity index (χ0v) is 14.1. The summed E-state index contributed by atoms with van der Waals surface area (Å²) in [5.74, 6) is 0.844. The van der Waals surface area contributed by atoms with Crippen molar-refractivity contribution in [1.82, 2.24) is 10.2 Å². The van der Waals surface area contributed by atoms with Crippen LogP contribution in [0.2, 0.25) is 0 Å². The number of amides is 1. The molecular formula is C18H29N3O. The second kappa shape index (κ2) is 8.30. The summed E-state index contributed by atoms with van der Waals surface area (Å²) in [6.45, 7) is 5.12. The molecule has 2 N–H and O–H groups in total. The Balaban J connectivity index is 1.87. The molecule has 0 aromatic heterocycles. The van der Waals surface area contributed by atoms with Gasteiger partial charge in [0.1, 0.15) is 0 Å². The number of nitrogens with zero attached hydrogens (tertiary/aromatic N) is 1. The Bertz CT molecular complexity index is 493. The van der Waals surface area contributed by atoms with Crippen molar-refractivity contribution in [2.45, 2.75) is 39.2 Å². The van der Waals surface area contributed by atoms with Gasteiger partial charge in [0.2, 0.25) is 5.91 Å². The Morgan fingerprint density at radius 2 is 2.05 bits per heavy atom. The van der Waals surface area contributed by atoms with Crippen LogP contribution in [0.1, 0.15) is 36.8 Å². The molecule has 122 valence electrons. The number of rotatable bonds is 6. The third kappa shape index (κ3) is 5.43. The lowest BCUT2D eigenvalue weighted by atomic mass is 9.93. The Kier molecular flexibility index (Phi) is 6.40. The third-order valence-corrected chi connectivity index (χ3v) is 4.31. The number of carbonyl (C=O) groups excluding carboxylic acids is 1. The van der Waals surface area contributed by atoms with Crippen LogP contribution >= 0.6 is 0 Å². The topological polar surface area (TPSA) is 44.4 Å². The van der Waals surface area contributed by atoms with E-state index in [2.05, 4.69) is 47.8 Å². The maximum absolute atomic E-state index is 12.2. The predicted molar refractivity (Wildman–Crippen MR) is 92.0 cm³/mol. The van der Waals surface area contributed by atoms with Crippen LogP contribution in [-0.4, -0.2) is 38.0 Å². The lowest BCUT2D eigenvalue weighted by molar-refractivity contribution is -0.116. The van der Waals surface area contributed by atoms with E-state index in [0.29, 0.717) is 12.3 Å². The summed E-state index contributed by atoms with van der Waals surface area (Å²) in [6.07, 6.45) is 4.03. The van der Waals surface area contributed by atoms with Gasteiger partial charge in [0.05, 0.1) is 0 Å². The second-order valence-electron chi connectivity index (χ2n) is 6.67. The van der Waals surface area contributed by atoms with Crippen LogP contribution in [0, 0.1) is 12.8 Å². The normalized spacial score (nSPS) is 16.0. The molecule has 1 aromatic carbocycles. The molecular weight excluding hydrogens is 274 g/mol. The molecule has 0 aliphatic carbocycles. The summed E-state index contributed by atoms with van der Waals surface area (Å²) in [5.41, 5.74) is 3.30. The van der Waals surface area contributed by atoms with Gasteiger partial charge in [-0.2, -0.15) is 0 Å². The van der Waals surface area contributed by atoms with E-state index in [0.717, 1.165) is 37.3 Å². The molecule has 1 fully saturated rings. The number of aryl methyl sites for hydroxylation is 1. The van der Waals surface area contributed by atoms with Crippen molar-refractivity contribution in [3.8, 4) is 0 Å². The van der Waals surface area contributed by atoms with Crippen LogP contribution in [0.4, 0.5) is 5.69 Å². The van der Waals surface area contributed by atoms with Gasteiger partial charge >= 0.3 is 0 Å². The van der Waals surface area contributed by atoms with Gasteiger partial charge < -0.3 is 15.5 Å². The van der Waals surface area contributed by atoms with Gasteiger partial charge in [0.15, 0.2) is 0 Å². The van der Waals surface area contributed by atoms with E-state index in [9.17, 15) is 4.79 Å². The van der Waals surface area contributed by atoms with Crippen LogP contribution in [0.3, 0.4) is 0 Å². The molecule has 4 nitrogen and oxygen atoms in total. The molecule has 1 aliphatic rings. The minimum atomic E-state index is 0.142. The molecule has 0 saturated carbocycles. The van der Waals surface area contributed by atoms with E-state index in [1.54, 1.807) is 0 Å². The van der Waals surface area contributed by atoms with Crippen molar-refractivity contribution in [3.05, 3.63) is 29.3 Å². The number of nitrogens with one attached hydrogen (secondary N) is 2. The SMILES string of the molecule is Cc1ccc(CN(C)C)cc1NC(=O)CCC1CCNCC1. The number of carbonyl (C=O) groups is 1. The Labute approximate surface area is 134 Å². The summed E-state index contributed by atoms with van der Waals surface area (Å²) in [6, 6.07) is 6.30. The molecule has 1 heterocycles. The molecule has 0 bridgehead atoms. The standard InChI is InChI=1S/C18H29N3O/c1-14-4-5-16(13-21(2)3)12-17(14)20-18(22)7-6-15-8-10-19-11-9-15/h4-5,12,15,19H,6-11,13H2,1-3H3,(H,20,22). The van der Waals surface area contributed by atoms with Gasteiger partial charge in [-0.15, -0.1) is 0 Å². The largest absolute Gasteiger partial charge is 0.326 e. The number of benzene rings is 1. The molecule has 0 radical (unpaired) electrons. The van der Waals surface area contributed by atoms with E-state index in [1.165, 1.54) is 18.4 Å². The highest BCUT2D eigenvalue weighted by Gasteiger charge is 2.15. The maximum Gasteiger partial charge on any atom is 0.224 e. The van der Waals surface area contributed by atoms with Gasteiger partial charge in [-0.1, -0.05) is 12.1 Å². The van der Waals surface area contributed by atoms with Gasteiger partial charge in [-0.25, -0.2) is 0 Å². The van der Waals surface area contributed by atoms with Gasteiger partial charge in [0, 0.05) is 18.7 Å². The third-order valence-electron chi connectivity index (χ3n) is 4.31. The summed E-state index contributed by atoms with van der Waals surface area (Å²) < 4.78 is 0. The van der Waals surface area contributed by atoms with Crippen LogP contribution in [0.15, 0.2) is 18.2 Å². The highest BCUT2D eigenvalue weighted by atomic mass is 16.1. The Hall–Kier alpha value is -1.39. The molecule has 4 heteroatoms. The monoisotopic (exact) mass is 303 g/mol. The molecule has 1 saturated heterocycles. The Morgan fingerprint density at radius 3 is 2.73 bits per heavy atom. The Morgan fingerprint density at radius 1 is 1.32 bits per heavy atom. The molecule has 0 atom stereocenters. The highest BCUT2D eigenvalue weighted by molar-refractivity contribution is 5.91. The zero-order valence-electron chi connectivity index (χ0n) is 14.1. The first-order valence-electron chi connectivity index (χ1n) is 8.29. The van der Waals surface area contributed by atoms with E-state index in [-0.39, 0.29) is 5.91 Å². The van der Waals surface area contributed by atoms with Crippen LogP contribution in [0.25, 0.3) is 0 Å². The summed E-state index contributed by atoms with van der Waals surface area (Å²) in [5, 5.41) is 6.46. The van der Waals surface area contributed by atoms with Crippen molar-refractivity contribution in [1.29, 1.82) is 0 Å². The highest BCUT2D eigenvalue weighted by Crippen LogP contribution is 2.20. The molecule has 2 rings (SSSR count). The molecule has 1 aliphatic heterocycles. The molecule has 0 unspecified atom stereocenters. The number of anilines is 1. The van der Waals surface area contributed by atoms with E-state index < -0.39 is 0 Å². The summed E-state index contributed by atoms with van der Waals surface area (Å²) >= 11 is 0. The van der Waals surface area contributed by atoms with Gasteiger partial charge in [0.25, 0.3) is 0 Å². The van der Waals surface area contributed by atoms with Gasteiger partial charge in [-0.05, 0) is 76.5 Å². The van der Waals surface area contributed by atoms with Crippen molar-refractivity contribution in [2.75, 3.05) is 32.5 Å². The van der Waals surface area contributed by atoms with Gasteiger partial charge in [-0.3, -0.25) is 4.79 Å². The lowest BCUT2D eigenvalue weighted by Crippen LogP contribution is -2.28. The van der Waals surface area contributed by atoms with Crippen molar-refractivity contribution >= 4 is 11.6 Å².